The van der Waals surface area contributed by atoms with E-state index in [1.54, 1.807) is 13.2 Å². The van der Waals surface area contributed by atoms with Crippen LogP contribution in [0.3, 0.4) is 0 Å². The zero-order valence-electron chi connectivity index (χ0n) is 10.9. The third-order valence-electron chi connectivity index (χ3n) is 2.74. The van der Waals surface area contributed by atoms with E-state index < -0.39 is 0 Å². The molecule has 1 rings (SSSR count). The van der Waals surface area contributed by atoms with E-state index in [4.69, 9.17) is 9.47 Å². The zero-order chi connectivity index (χ0) is 12.8. The molecule has 0 saturated heterocycles. The zero-order valence-corrected chi connectivity index (χ0v) is 10.9. The highest BCUT2D eigenvalue weighted by Gasteiger charge is 2.12. The van der Waals surface area contributed by atoms with E-state index in [1.165, 1.54) is 0 Å². The van der Waals surface area contributed by atoms with Gasteiger partial charge in [-0.25, -0.2) is 0 Å². The second-order valence-corrected chi connectivity index (χ2v) is 4.15. The van der Waals surface area contributed by atoms with Crippen LogP contribution in [-0.4, -0.2) is 19.5 Å². The van der Waals surface area contributed by atoms with Crippen LogP contribution in [0.2, 0.25) is 0 Å². The number of aldehydes is 1. The summed E-state index contributed by atoms with van der Waals surface area (Å²) in [5, 5.41) is 0. The molecule has 0 spiro atoms. The van der Waals surface area contributed by atoms with E-state index in [0.29, 0.717) is 11.3 Å². The van der Waals surface area contributed by atoms with E-state index in [1.807, 2.05) is 19.9 Å². The maximum atomic E-state index is 10.9. The van der Waals surface area contributed by atoms with Crippen LogP contribution < -0.4 is 9.47 Å². The van der Waals surface area contributed by atoms with E-state index in [0.717, 1.165) is 30.4 Å². The standard InChI is InChI=1S/C14H20O3/c1-5-6-10(2)17-13-8-7-12(9-15)14(16-4)11(13)3/h7-10H,5-6H2,1-4H3. The number of carbonyl (C=O) groups is 1. The SMILES string of the molecule is CCCC(C)Oc1ccc(C=O)c(OC)c1C. The molecule has 1 atom stereocenters. The Kier molecular flexibility index (Phi) is 5.01. The molecular weight excluding hydrogens is 216 g/mol. The molecule has 0 saturated carbocycles. The molecule has 0 aliphatic heterocycles. The van der Waals surface area contributed by atoms with Crippen LogP contribution in [0.4, 0.5) is 0 Å². The van der Waals surface area contributed by atoms with Crippen molar-refractivity contribution >= 4 is 6.29 Å². The predicted molar refractivity (Wildman–Crippen MR) is 68.1 cm³/mol. The Hall–Kier alpha value is -1.51. The maximum absolute atomic E-state index is 10.9. The number of ether oxygens (including phenoxy) is 2. The molecule has 1 aromatic rings. The van der Waals surface area contributed by atoms with Gasteiger partial charge in [0, 0.05) is 5.56 Å². The van der Waals surface area contributed by atoms with Crippen molar-refractivity contribution in [2.45, 2.75) is 39.7 Å². The minimum atomic E-state index is 0.172. The van der Waals surface area contributed by atoms with Crippen LogP contribution in [0.1, 0.15) is 42.6 Å². The first-order chi connectivity index (χ1) is 8.13. The number of methoxy groups -OCH3 is 1. The first kappa shape index (κ1) is 13.6. The summed E-state index contributed by atoms with van der Waals surface area (Å²) in [6, 6.07) is 3.56. The Morgan fingerprint density at radius 3 is 2.65 bits per heavy atom. The van der Waals surface area contributed by atoms with Gasteiger partial charge in [-0.15, -0.1) is 0 Å². The number of hydrogen-bond donors (Lipinski definition) is 0. The Balaban J connectivity index is 2.98. The highest BCUT2D eigenvalue weighted by atomic mass is 16.5. The summed E-state index contributed by atoms with van der Waals surface area (Å²) in [6.45, 7) is 6.08. The summed E-state index contributed by atoms with van der Waals surface area (Å²) >= 11 is 0. The van der Waals surface area contributed by atoms with E-state index in [2.05, 4.69) is 6.92 Å². The van der Waals surface area contributed by atoms with Gasteiger partial charge in [-0.3, -0.25) is 4.79 Å². The van der Waals surface area contributed by atoms with Gasteiger partial charge >= 0.3 is 0 Å². The first-order valence-electron chi connectivity index (χ1n) is 5.93. The summed E-state index contributed by atoms with van der Waals surface area (Å²) in [4.78, 5) is 10.9. The molecule has 94 valence electrons. The average Bonchev–Trinajstić information content (AvgIpc) is 2.31. The van der Waals surface area contributed by atoms with Crippen molar-refractivity contribution in [2.24, 2.45) is 0 Å². The number of benzene rings is 1. The van der Waals surface area contributed by atoms with Gasteiger partial charge < -0.3 is 9.47 Å². The van der Waals surface area contributed by atoms with Crippen LogP contribution in [-0.2, 0) is 0 Å². The van der Waals surface area contributed by atoms with Gasteiger partial charge in [0.25, 0.3) is 0 Å². The van der Waals surface area contributed by atoms with Crippen LogP contribution in [0.25, 0.3) is 0 Å². The first-order valence-corrected chi connectivity index (χ1v) is 5.93. The van der Waals surface area contributed by atoms with Gasteiger partial charge in [0.05, 0.1) is 18.8 Å². The lowest BCUT2D eigenvalue weighted by atomic mass is 10.1. The lowest BCUT2D eigenvalue weighted by molar-refractivity contribution is 0.112. The maximum Gasteiger partial charge on any atom is 0.153 e. The molecule has 0 aliphatic rings. The van der Waals surface area contributed by atoms with Crippen LogP contribution in [0, 0.1) is 6.92 Å². The lowest BCUT2D eigenvalue weighted by Crippen LogP contribution is -2.12. The van der Waals surface area contributed by atoms with E-state index >= 15 is 0 Å². The van der Waals surface area contributed by atoms with Crippen molar-refractivity contribution in [3.05, 3.63) is 23.3 Å². The molecule has 0 amide bonds. The Morgan fingerprint density at radius 1 is 1.41 bits per heavy atom. The largest absolute Gasteiger partial charge is 0.496 e. The van der Waals surface area contributed by atoms with Crippen molar-refractivity contribution in [1.82, 2.24) is 0 Å². The fourth-order valence-electron chi connectivity index (χ4n) is 1.87. The van der Waals surface area contributed by atoms with Crippen LogP contribution in [0.15, 0.2) is 12.1 Å². The van der Waals surface area contributed by atoms with Gasteiger partial charge in [-0.2, -0.15) is 0 Å². The molecule has 3 heteroatoms. The van der Waals surface area contributed by atoms with Gasteiger partial charge in [-0.05, 0) is 32.4 Å². The molecule has 17 heavy (non-hydrogen) atoms. The van der Waals surface area contributed by atoms with E-state index in [-0.39, 0.29) is 6.10 Å². The highest BCUT2D eigenvalue weighted by molar-refractivity contribution is 5.81. The predicted octanol–water partition coefficient (Wildman–Crippen LogP) is 3.38. The summed E-state index contributed by atoms with van der Waals surface area (Å²) in [7, 11) is 1.56. The van der Waals surface area contributed by atoms with Crippen molar-refractivity contribution in [2.75, 3.05) is 7.11 Å². The minimum absolute atomic E-state index is 0.172. The third-order valence-corrected chi connectivity index (χ3v) is 2.74. The quantitative estimate of drug-likeness (QED) is 0.710. The number of carbonyl (C=O) groups excluding carboxylic acids is 1. The molecule has 0 heterocycles. The average molecular weight is 236 g/mol. The second kappa shape index (κ2) is 6.28. The monoisotopic (exact) mass is 236 g/mol. The van der Waals surface area contributed by atoms with Gasteiger partial charge in [-0.1, -0.05) is 13.3 Å². The normalized spacial score (nSPS) is 12.0. The molecule has 3 nitrogen and oxygen atoms in total. The molecule has 0 N–H and O–H groups in total. The molecular formula is C14H20O3. The molecule has 1 aromatic carbocycles. The molecule has 0 radical (unpaired) electrons. The summed E-state index contributed by atoms with van der Waals surface area (Å²) in [5.74, 6) is 1.38. The van der Waals surface area contributed by atoms with Crippen molar-refractivity contribution in [1.29, 1.82) is 0 Å². The van der Waals surface area contributed by atoms with Crippen LogP contribution in [0.5, 0.6) is 11.5 Å². The molecule has 0 aliphatic carbocycles. The number of rotatable bonds is 6. The third kappa shape index (κ3) is 3.22. The van der Waals surface area contributed by atoms with Gasteiger partial charge in [0.1, 0.15) is 11.5 Å². The highest BCUT2D eigenvalue weighted by Crippen LogP contribution is 2.31. The summed E-state index contributed by atoms with van der Waals surface area (Å²) < 4.78 is 11.1. The Labute approximate surface area is 103 Å². The fourth-order valence-corrected chi connectivity index (χ4v) is 1.87. The molecule has 0 aromatic heterocycles. The lowest BCUT2D eigenvalue weighted by Gasteiger charge is -2.18. The van der Waals surface area contributed by atoms with Crippen molar-refractivity contribution < 1.29 is 14.3 Å². The Bertz CT molecular complexity index is 385. The topological polar surface area (TPSA) is 35.5 Å². The van der Waals surface area contributed by atoms with Crippen molar-refractivity contribution in [3.8, 4) is 11.5 Å². The van der Waals surface area contributed by atoms with Gasteiger partial charge in [0.2, 0.25) is 0 Å². The smallest absolute Gasteiger partial charge is 0.153 e. The second-order valence-electron chi connectivity index (χ2n) is 4.15. The fraction of sp³-hybridized carbons (Fsp3) is 0.500. The molecule has 1 unspecified atom stereocenters. The van der Waals surface area contributed by atoms with E-state index in [9.17, 15) is 4.79 Å². The summed E-state index contributed by atoms with van der Waals surface area (Å²) in [5.41, 5.74) is 1.43. The Morgan fingerprint density at radius 2 is 2.12 bits per heavy atom. The van der Waals surface area contributed by atoms with Crippen LogP contribution >= 0.6 is 0 Å². The molecule has 0 fully saturated rings. The summed E-state index contributed by atoms with van der Waals surface area (Å²) in [6.07, 6.45) is 3.07. The number of hydrogen-bond acceptors (Lipinski definition) is 3. The molecule has 0 bridgehead atoms. The van der Waals surface area contributed by atoms with Gasteiger partial charge in [0.15, 0.2) is 6.29 Å². The minimum Gasteiger partial charge on any atom is -0.496 e. The van der Waals surface area contributed by atoms with Crippen molar-refractivity contribution in [3.63, 3.8) is 0 Å².